The van der Waals surface area contributed by atoms with Crippen LogP contribution in [0.15, 0.2) is 0 Å². The number of hydrogen-bond acceptors (Lipinski definition) is 2. The maximum absolute atomic E-state index is 11.2. The molecule has 0 saturated heterocycles. The number of Topliss-reactive ketones (excluding diaryl/α,β-unsaturated/α-hetero) is 1. The third kappa shape index (κ3) is 11.3. The molecule has 0 unspecified atom stereocenters. The summed E-state index contributed by atoms with van der Waals surface area (Å²) in [6.45, 7) is 9.24. The summed E-state index contributed by atoms with van der Waals surface area (Å²) in [5.74, 6) is 0.0769. The van der Waals surface area contributed by atoms with Gasteiger partial charge in [-0.25, -0.2) is 0 Å². The molecule has 4 heteroatoms. The van der Waals surface area contributed by atoms with E-state index in [4.69, 9.17) is 0 Å². The van der Waals surface area contributed by atoms with E-state index in [0.29, 0.717) is 12.8 Å². The van der Waals surface area contributed by atoms with Crippen LogP contribution in [0, 0.1) is 0 Å². The SMILES string of the molecule is CC(=O)CCC(=O)NCCC[Si](C)(C)C. The van der Waals surface area contributed by atoms with E-state index < -0.39 is 8.07 Å². The Labute approximate surface area is 93.6 Å². The number of rotatable bonds is 7. The van der Waals surface area contributed by atoms with Gasteiger partial charge in [-0.05, 0) is 13.3 Å². The highest BCUT2D eigenvalue weighted by Crippen LogP contribution is 2.09. The molecular formula is C11H23NO2Si. The van der Waals surface area contributed by atoms with E-state index in [1.54, 1.807) is 0 Å². The first-order valence-corrected chi connectivity index (χ1v) is 9.28. The van der Waals surface area contributed by atoms with E-state index in [0.717, 1.165) is 13.0 Å². The topological polar surface area (TPSA) is 46.2 Å². The summed E-state index contributed by atoms with van der Waals surface area (Å²) in [7, 11) is -0.971. The van der Waals surface area contributed by atoms with Crippen LogP contribution in [0.5, 0.6) is 0 Å². The molecular weight excluding hydrogens is 206 g/mol. The minimum absolute atomic E-state index is 0.000718. The van der Waals surface area contributed by atoms with E-state index in [2.05, 4.69) is 25.0 Å². The summed E-state index contributed by atoms with van der Waals surface area (Å²) in [4.78, 5) is 21.9. The molecule has 0 atom stereocenters. The van der Waals surface area contributed by atoms with Crippen molar-refractivity contribution >= 4 is 19.8 Å². The van der Waals surface area contributed by atoms with Crippen molar-refractivity contribution in [3.8, 4) is 0 Å². The molecule has 0 rings (SSSR count). The Balaban J connectivity index is 3.44. The lowest BCUT2D eigenvalue weighted by atomic mass is 10.2. The summed E-state index contributed by atoms with van der Waals surface area (Å²) in [5, 5.41) is 2.84. The smallest absolute Gasteiger partial charge is 0.220 e. The van der Waals surface area contributed by atoms with Crippen LogP contribution in [0.2, 0.25) is 25.7 Å². The third-order valence-electron chi connectivity index (χ3n) is 2.13. The molecule has 0 aliphatic heterocycles. The zero-order chi connectivity index (χ0) is 11.9. The molecule has 0 aliphatic rings. The normalized spacial score (nSPS) is 11.2. The van der Waals surface area contributed by atoms with Crippen molar-refractivity contribution in [2.24, 2.45) is 0 Å². The second-order valence-corrected chi connectivity index (χ2v) is 10.8. The van der Waals surface area contributed by atoms with Crippen LogP contribution in [0.4, 0.5) is 0 Å². The first-order chi connectivity index (χ1) is 6.81. The third-order valence-corrected chi connectivity index (χ3v) is 3.98. The van der Waals surface area contributed by atoms with Crippen molar-refractivity contribution in [3.63, 3.8) is 0 Å². The fraction of sp³-hybridized carbons (Fsp3) is 0.818. The lowest BCUT2D eigenvalue weighted by Gasteiger charge is -2.15. The Bertz CT molecular complexity index is 221. The average Bonchev–Trinajstić information content (AvgIpc) is 2.07. The van der Waals surface area contributed by atoms with Crippen molar-refractivity contribution in [1.29, 1.82) is 0 Å². The molecule has 88 valence electrons. The van der Waals surface area contributed by atoms with Gasteiger partial charge in [-0.1, -0.05) is 25.7 Å². The molecule has 0 radical (unpaired) electrons. The van der Waals surface area contributed by atoms with Crippen LogP contribution < -0.4 is 5.32 Å². The van der Waals surface area contributed by atoms with Gasteiger partial charge in [-0.3, -0.25) is 4.79 Å². The van der Waals surface area contributed by atoms with E-state index >= 15 is 0 Å². The summed E-state index contributed by atoms with van der Waals surface area (Å²) in [6.07, 6.45) is 1.75. The lowest BCUT2D eigenvalue weighted by molar-refractivity contribution is -0.124. The van der Waals surface area contributed by atoms with Crippen LogP contribution in [0.1, 0.15) is 26.2 Å². The van der Waals surface area contributed by atoms with Gasteiger partial charge in [-0.15, -0.1) is 0 Å². The first kappa shape index (κ1) is 14.4. The minimum atomic E-state index is -0.971. The zero-order valence-corrected chi connectivity index (χ0v) is 11.4. The van der Waals surface area contributed by atoms with Crippen molar-refractivity contribution in [3.05, 3.63) is 0 Å². The summed E-state index contributed by atoms with van der Waals surface area (Å²) < 4.78 is 0. The number of carbonyl (C=O) groups excluding carboxylic acids is 2. The molecule has 3 nitrogen and oxygen atoms in total. The Morgan fingerprint density at radius 2 is 1.73 bits per heavy atom. The Kier molecular flexibility index (Phi) is 6.48. The number of nitrogens with one attached hydrogen (secondary N) is 1. The molecule has 1 amide bonds. The van der Waals surface area contributed by atoms with Crippen molar-refractivity contribution in [2.45, 2.75) is 51.9 Å². The molecule has 0 aliphatic carbocycles. The van der Waals surface area contributed by atoms with Crippen LogP contribution >= 0.6 is 0 Å². The van der Waals surface area contributed by atoms with Crippen LogP contribution in [0.25, 0.3) is 0 Å². The highest BCUT2D eigenvalue weighted by Gasteiger charge is 2.12. The van der Waals surface area contributed by atoms with Crippen LogP contribution in [0.3, 0.4) is 0 Å². The molecule has 0 saturated carbocycles. The maximum Gasteiger partial charge on any atom is 0.220 e. The van der Waals surface area contributed by atoms with Gasteiger partial charge in [0.05, 0.1) is 0 Å². The summed E-state index contributed by atoms with van der Waals surface area (Å²) >= 11 is 0. The van der Waals surface area contributed by atoms with Crippen molar-refractivity contribution in [2.75, 3.05) is 6.54 Å². The van der Waals surface area contributed by atoms with Crippen molar-refractivity contribution in [1.82, 2.24) is 5.32 Å². The highest BCUT2D eigenvalue weighted by molar-refractivity contribution is 6.76. The van der Waals surface area contributed by atoms with Gasteiger partial charge in [0.2, 0.25) is 5.91 Å². The number of hydrogen-bond donors (Lipinski definition) is 1. The van der Waals surface area contributed by atoms with Crippen LogP contribution in [-0.4, -0.2) is 26.3 Å². The maximum atomic E-state index is 11.2. The summed E-state index contributed by atoms with van der Waals surface area (Å²) in [6, 6.07) is 1.24. The highest BCUT2D eigenvalue weighted by atomic mass is 28.3. The molecule has 0 bridgehead atoms. The number of ketones is 1. The second-order valence-electron chi connectivity index (χ2n) is 5.22. The van der Waals surface area contributed by atoms with Gasteiger partial charge >= 0.3 is 0 Å². The average molecular weight is 229 g/mol. The van der Waals surface area contributed by atoms with E-state index in [1.807, 2.05) is 0 Å². The Hall–Kier alpha value is -0.643. The molecule has 0 aromatic heterocycles. The Morgan fingerprint density at radius 3 is 2.20 bits per heavy atom. The quantitative estimate of drug-likeness (QED) is 0.537. The standard InChI is InChI=1S/C11H23NO2Si/c1-10(13)6-7-11(14)12-8-5-9-15(2,3)4/h5-9H2,1-4H3,(H,12,14). The molecule has 15 heavy (non-hydrogen) atoms. The van der Waals surface area contributed by atoms with Crippen molar-refractivity contribution < 1.29 is 9.59 Å². The van der Waals surface area contributed by atoms with Gasteiger partial charge in [0, 0.05) is 27.5 Å². The fourth-order valence-electron chi connectivity index (χ4n) is 1.22. The Morgan fingerprint density at radius 1 is 1.13 bits per heavy atom. The van der Waals surface area contributed by atoms with Gasteiger partial charge in [0.25, 0.3) is 0 Å². The van der Waals surface area contributed by atoms with E-state index in [1.165, 1.54) is 13.0 Å². The minimum Gasteiger partial charge on any atom is -0.356 e. The van der Waals surface area contributed by atoms with Crippen LogP contribution in [-0.2, 0) is 9.59 Å². The predicted octanol–water partition coefficient (Wildman–Crippen LogP) is 2.20. The zero-order valence-electron chi connectivity index (χ0n) is 10.4. The first-order valence-electron chi connectivity index (χ1n) is 5.57. The molecule has 0 fully saturated rings. The van der Waals surface area contributed by atoms with Gasteiger partial charge in [0.1, 0.15) is 5.78 Å². The predicted molar refractivity (Wildman–Crippen MR) is 65.7 cm³/mol. The van der Waals surface area contributed by atoms with Gasteiger partial charge in [-0.2, -0.15) is 0 Å². The second kappa shape index (κ2) is 6.77. The van der Waals surface area contributed by atoms with E-state index in [-0.39, 0.29) is 11.7 Å². The fourth-order valence-corrected chi connectivity index (χ4v) is 2.46. The number of amides is 1. The van der Waals surface area contributed by atoms with Gasteiger partial charge < -0.3 is 10.1 Å². The van der Waals surface area contributed by atoms with Gasteiger partial charge in [0.15, 0.2) is 0 Å². The molecule has 0 spiro atoms. The largest absolute Gasteiger partial charge is 0.356 e. The molecule has 1 N–H and O–H groups in total. The van der Waals surface area contributed by atoms with E-state index in [9.17, 15) is 9.59 Å². The molecule has 0 heterocycles. The number of carbonyl (C=O) groups is 2. The molecule has 0 aromatic carbocycles. The lowest BCUT2D eigenvalue weighted by Crippen LogP contribution is -2.27. The molecule has 0 aromatic rings. The summed E-state index contributed by atoms with van der Waals surface area (Å²) in [5.41, 5.74) is 0. The monoisotopic (exact) mass is 229 g/mol.